The molecule has 184 valence electrons. The van der Waals surface area contributed by atoms with Crippen molar-refractivity contribution < 1.29 is 34.4 Å². The van der Waals surface area contributed by atoms with E-state index in [2.05, 4.69) is 37.1 Å². The third kappa shape index (κ3) is 4.05. The normalized spacial score (nSPS) is 42.3. The Labute approximate surface area is 200 Å². The number of ether oxygens (including phenoxy) is 2. The number of rotatable bonds is 1. The van der Waals surface area contributed by atoms with E-state index in [9.17, 15) is 24.9 Å². The van der Waals surface area contributed by atoms with Gasteiger partial charge >= 0.3 is 11.9 Å². The lowest BCUT2D eigenvalue weighted by molar-refractivity contribution is -0.135. The predicted molar refractivity (Wildman–Crippen MR) is 122 cm³/mol. The van der Waals surface area contributed by atoms with Crippen LogP contribution in [0.4, 0.5) is 0 Å². The maximum Gasteiger partial charge on any atom is 0.316 e. The Bertz CT molecular complexity index is 994. The zero-order valence-electron chi connectivity index (χ0n) is 20.0. The summed E-state index contributed by atoms with van der Waals surface area (Å²) in [6.45, 7) is 4.72. The van der Waals surface area contributed by atoms with E-state index in [-0.39, 0.29) is 35.7 Å². The summed E-state index contributed by atoms with van der Waals surface area (Å²) in [7, 11) is 0. The van der Waals surface area contributed by atoms with Gasteiger partial charge in [0.2, 0.25) is 0 Å². The van der Waals surface area contributed by atoms with Gasteiger partial charge in [0.05, 0.1) is 30.7 Å². The molecule has 3 fully saturated rings. The van der Waals surface area contributed by atoms with Crippen LogP contribution in [0.1, 0.15) is 59.3 Å². The zero-order chi connectivity index (χ0) is 24.7. The van der Waals surface area contributed by atoms with Crippen LogP contribution in [0, 0.1) is 64.5 Å². The average Bonchev–Trinajstić information content (AvgIpc) is 3.07. The molecule has 9 atom stereocenters. The third-order valence-corrected chi connectivity index (χ3v) is 9.11. The molecular formula is C27H34O7. The Kier molecular flexibility index (Phi) is 6.84. The lowest BCUT2D eigenvalue weighted by Gasteiger charge is -2.58. The maximum atomic E-state index is 11.2. The van der Waals surface area contributed by atoms with E-state index in [1.54, 1.807) is 0 Å². The van der Waals surface area contributed by atoms with Crippen LogP contribution in [0.3, 0.4) is 0 Å². The topological polar surface area (TPSA) is 113 Å². The van der Waals surface area contributed by atoms with Gasteiger partial charge in [0.1, 0.15) is 12.2 Å². The summed E-state index contributed by atoms with van der Waals surface area (Å²) in [5, 5.41) is 32.8. The lowest BCUT2D eigenvalue weighted by Crippen LogP contribution is -2.55. The number of fused-ring (bicyclic) bond motifs is 5. The second-order valence-electron chi connectivity index (χ2n) is 10.7. The van der Waals surface area contributed by atoms with Crippen molar-refractivity contribution in [2.45, 2.75) is 71.5 Å². The Hall–Kier alpha value is -2.32. The standard InChI is InChI=1S/C27H34O7/c1-16(29)33-12-8-18-6-10-26(3)21-7-11-27(15-28)23(20(21)4-5-22(26)24(18)31)14-19(25(27)32)9-13-34-17(2)30/h5,18-21,23-25,28,31-32H,4,6-7,10-11,14-15H2,1-3H3/t18?,19?,20-,21-,23+,24?,25?,26-,27-/m1/s1. The summed E-state index contributed by atoms with van der Waals surface area (Å²) in [5.74, 6) is 4.93. The van der Waals surface area contributed by atoms with Gasteiger partial charge in [-0.25, -0.2) is 0 Å². The highest BCUT2D eigenvalue weighted by Crippen LogP contribution is 2.65. The van der Waals surface area contributed by atoms with Crippen LogP contribution < -0.4 is 0 Å². The fourth-order valence-electron chi connectivity index (χ4n) is 7.49. The zero-order valence-corrected chi connectivity index (χ0v) is 20.0. The summed E-state index contributed by atoms with van der Waals surface area (Å²) in [5.41, 5.74) is 0.225. The molecule has 0 aromatic heterocycles. The first-order valence-electron chi connectivity index (χ1n) is 12.2. The van der Waals surface area contributed by atoms with Crippen LogP contribution in [-0.4, -0.2) is 46.1 Å². The van der Waals surface area contributed by atoms with Gasteiger partial charge in [0.25, 0.3) is 0 Å². The summed E-state index contributed by atoms with van der Waals surface area (Å²) < 4.78 is 9.53. The van der Waals surface area contributed by atoms with Gasteiger partial charge in [-0.05, 0) is 67.3 Å². The minimum Gasteiger partial charge on any atom is -0.396 e. The smallest absolute Gasteiger partial charge is 0.316 e. The molecule has 3 saturated carbocycles. The molecule has 7 heteroatoms. The van der Waals surface area contributed by atoms with Crippen LogP contribution >= 0.6 is 0 Å². The summed E-state index contributed by atoms with van der Waals surface area (Å²) in [6.07, 6.45) is 10.1. The van der Waals surface area contributed by atoms with Gasteiger partial charge in [0, 0.05) is 19.3 Å². The monoisotopic (exact) mass is 470 g/mol. The van der Waals surface area contributed by atoms with Gasteiger partial charge in [-0.2, -0.15) is 0 Å². The number of aliphatic hydroxyl groups is 3. The fraction of sp³-hybridized carbons (Fsp3) is 0.704. The van der Waals surface area contributed by atoms with E-state index < -0.39 is 29.6 Å². The molecule has 4 aliphatic rings. The highest BCUT2D eigenvalue weighted by Gasteiger charge is 2.63. The third-order valence-electron chi connectivity index (χ3n) is 9.11. The first kappa shape index (κ1) is 24.8. The van der Waals surface area contributed by atoms with Crippen molar-refractivity contribution in [3.63, 3.8) is 0 Å². The van der Waals surface area contributed by atoms with Crippen molar-refractivity contribution in [1.29, 1.82) is 0 Å². The molecule has 0 aromatic carbocycles. The highest BCUT2D eigenvalue weighted by molar-refractivity contribution is 5.67. The van der Waals surface area contributed by atoms with E-state index in [0.717, 1.165) is 24.8 Å². The van der Waals surface area contributed by atoms with Crippen molar-refractivity contribution in [3.8, 4) is 24.1 Å². The largest absolute Gasteiger partial charge is 0.396 e. The van der Waals surface area contributed by atoms with Crippen molar-refractivity contribution in [2.24, 2.45) is 40.4 Å². The minimum atomic E-state index is -0.775. The molecule has 4 unspecified atom stereocenters. The Morgan fingerprint density at radius 3 is 2.29 bits per heavy atom. The molecule has 34 heavy (non-hydrogen) atoms. The van der Waals surface area contributed by atoms with Crippen LogP contribution in [0.2, 0.25) is 0 Å². The maximum absolute atomic E-state index is 11.2. The molecule has 4 rings (SSSR count). The molecule has 0 amide bonds. The first-order chi connectivity index (χ1) is 16.1. The highest BCUT2D eigenvalue weighted by atomic mass is 16.5. The minimum absolute atomic E-state index is 0.0936. The molecule has 4 aliphatic carbocycles. The van der Waals surface area contributed by atoms with E-state index in [4.69, 9.17) is 9.47 Å². The molecule has 0 bridgehead atoms. The molecule has 0 saturated heterocycles. The van der Waals surface area contributed by atoms with E-state index in [0.29, 0.717) is 25.2 Å². The number of carbonyl (C=O) groups is 2. The summed E-state index contributed by atoms with van der Waals surface area (Å²) in [4.78, 5) is 22.1. The summed E-state index contributed by atoms with van der Waals surface area (Å²) >= 11 is 0. The second kappa shape index (κ2) is 9.38. The number of hydrogen-bond acceptors (Lipinski definition) is 7. The van der Waals surface area contributed by atoms with Gasteiger partial charge < -0.3 is 24.8 Å². The Balaban J connectivity index is 1.59. The lowest BCUT2D eigenvalue weighted by atomic mass is 9.47. The van der Waals surface area contributed by atoms with Crippen molar-refractivity contribution in [2.75, 3.05) is 6.61 Å². The van der Waals surface area contributed by atoms with Crippen molar-refractivity contribution >= 4 is 11.9 Å². The van der Waals surface area contributed by atoms with Gasteiger partial charge in [-0.1, -0.05) is 24.8 Å². The first-order valence-corrected chi connectivity index (χ1v) is 12.2. The number of esters is 2. The SMILES string of the molecule is CC(=O)OC#CC1CC[C@@]2(C)C(=CC[C@@H]3[C@H]2CC[C@]2(CO)C(O)C(C#COC(C)=O)C[C@@H]32)C1O. The Morgan fingerprint density at radius 1 is 1.03 bits per heavy atom. The van der Waals surface area contributed by atoms with Crippen LogP contribution in [-0.2, 0) is 19.1 Å². The molecule has 3 N–H and O–H groups in total. The van der Waals surface area contributed by atoms with Crippen LogP contribution in [0.15, 0.2) is 11.6 Å². The molecule has 0 radical (unpaired) electrons. The number of allylic oxidation sites excluding steroid dienone is 1. The molecule has 0 heterocycles. The van der Waals surface area contributed by atoms with Crippen molar-refractivity contribution in [3.05, 3.63) is 11.6 Å². The summed E-state index contributed by atoms with van der Waals surface area (Å²) in [6, 6.07) is 0. The van der Waals surface area contributed by atoms with E-state index >= 15 is 0 Å². The van der Waals surface area contributed by atoms with Crippen LogP contribution in [0.25, 0.3) is 0 Å². The van der Waals surface area contributed by atoms with Gasteiger partial charge in [-0.3, -0.25) is 9.59 Å². The van der Waals surface area contributed by atoms with Gasteiger partial charge in [-0.15, -0.1) is 0 Å². The molecule has 0 aromatic rings. The van der Waals surface area contributed by atoms with Gasteiger partial charge in [0.15, 0.2) is 0 Å². The Morgan fingerprint density at radius 2 is 1.68 bits per heavy atom. The molecular weight excluding hydrogens is 436 g/mol. The van der Waals surface area contributed by atoms with E-state index in [1.807, 2.05) is 0 Å². The number of carbonyl (C=O) groups excluding carboxylic acids is 2. The predicted octanol–water partition coefficient (Wildman–Crippen LogP) is 2.14. The molecule has 7 nitrogen and oxygen atoms in total. The number of hydrogen-bond donors (Lipinski definition) is 3. The number of aliphatic hydroxyl groups excluding tert-OH is 3. The van der Waals surface area contributed by atoms with E-state index in [1.165, 1.54) is 13.8 Å². The second-order valence-corrected chi connectivity index (χ2v) is 10.7. The van der Waals surface area contributed by atoms with Crippen LogP contribution in [0.5, 0.6) is 0 Å². The fourth-order valence-corrected chi connectivity index (χ4v) is 7.49. The average molecular weight is 471 g/mol. The van der Waals surface area contributed by atoms with Crippen molar-refractivity contribution in [1.82, 2.24) is 0 Å². The molecule has 0 aliphatic heterocycles. The molecule has 0 spiro atoms. The quantitative estimate of drug-likeness (QED) is 0.306.